The molecule has 0 saturated carbocycles. The number of halogens is 1. The molecule has 5 nitrogen and oxygen atoms in total. The Morgan fingerprint density at radius 2 is 1.80 bits per heavy atom. The predicted octanol–water partition coefficient (Wildman–Crippen LogP) is 2.42. The number of unbranched alkanes of at least 4 members (excludes halogenated alkanes) is 1. The van der Waals surface area contributed by atoms with Gasteiger partial charge in [-0.2, -0.15) is 0 Å². The third-order valence-electron chi connectivity index (χ3n) is 4.73. The summed E-state index contributed by atoms with van der Waals surface area (Å²) in [7, 11) is 1.80. The second-order valence-corrected chi connectivity index (χ2v) is 6.83. The minimum absolute atomic E-state index is 0.682. The van der Waals surface area contributed by atoms with E-state index in [1.54, 1.807) is 7.05 Å². The normalized spacial score (nSPS) is 16.8. The molecule has 0 aromatic heterocycles. The second kappa shape index (κ2) is 11.3. The van der Waals surface area contributed by atoms with Crippen molar-refractivity contribution >= 4 is 17.6 Å². The van der Waals surface area contributed by atoms with Crippen molar-refractivity contribution in [2.24, 2.45) is 4.99 Å². The van der Waals surface area contributed by atoms with Gasteiger partial charge in [0.05, 0.1) is 0 Å². The van der Waals surface area contributed by atoms with Crippen LogP contribution in [-0.2, 0) is 6.54 Å². The van der Waals surface area contributed by atoms with E-state index < -0.39 is 0 Å². The number of aliphatic imine (C=N–C) groups is 1. The zero-order valence-electron chi connectivity index (χ0n) is 15.6. The smallest absolute Gasteiger partial charge is 0.191 e. The molecule has 0 radical (unpaired) electrons. The first-order valence-electron chi connectivity index (χ1n) is 9.35. The molecule has 1 heterocycles. The van der Waals surface area contributed by atoms with E-state index in [1.165, 1.54) is 45.7 Å². The first-order valence-corrected chi connectivity index (χ1v) is 9.73. The van der Waals surface area contributed by atoms with Crippen LogP contribution in [0.5, 0.6) is 0 Å². The summed E-state index contributed by atoms with van der Waals surface area (Å²) in [6.07, 6.45) is 2.38. The van der Waals surface area contributed by atoms with E-state index in [4.69, 9.17) is 11.6 Å². The molecule has 0 aliphatic carbocycles. The van der Waals surface area contributed by atoms with Crippen molar-refractivity contribution in [1.29, 1.82) is 0 Å². The van der Waals surface area contributed by atoms with Gasteiger partial charge in [-0.1, -0.05) is 36.7 Å². The van der Waals surface area contributed by atoms with E-state index in [0.717, 1.165) is 29.5 Å². The van der Waals surface area contributed by atoms with Gasteiger partial charge in [-0.3, -0.25) is 4.99 Å². The summed E-state index contributed by atoms with van der Waals surface area (Å²) < 4.78 is 0. The molecule has 25 heavy (non-hydrogen) atoms. The van der Waals surface area contributed by atoms with Crippen LogP contribution in [0.15, 0.2) is 29.3 Å². The highest BCUT2D eigenvalue weighted by Gasteiger charge is 2.14. The number of piperazine rings is 1. The van der Waals surface area contributed by atoms with Gasteiger partial charge in [-0.25, -0.2) is 0 Å². The highest BCUT2D eigenvalue weighted by molar-refractivity contribution is 6.31. The van der Waals surface area contributed by atoms with Gasteiger partial charge in [-0.05, 0) is 37.6 Å². The SMILES string of the molecule is CCN1CCN(CCCCNC(=NC)NCc2ccccc2Cl)CC1. The fraction of sp³-hybridized carbons (Fsp3) is 0.632. The van der Waals surface area contributed by atoms with Gasteiger partial charge in [0.15, 0.2) is 5.96 Å². The van der Waals surface area contributed by atoms with Crippen LogP contribution in [-0.4, -0.2) is 68.6 Å². The van der Waals surface area contributed by atoms with Crippen molar-refractivity contribution in [2.45, 2.75) is 26.3 Å². The molecule has 0 atom stereocenters. The lowest BCUT2D eigenvalue weighted by Crippen LogP contribution is -2.46. The van der Waals surface area contributed by atoms with Crippen molar-refractivity contribution in [2.75, 3.05) is 52.9 Å². The zero-order chi connectivity index (χ0) is 17.9. The largest absolute Gasteiger partial charge is 0.356 e. The molecule has 2 N–H and O–H groups in total. The van der Waals surface area contributed by atoms with Crippen LogP contribution in [0, 0.1) is 0 Å². The average molecular weight is 366 g/mol. The molecule has 0 spiro atoms. The maximum atomic E-state index is 6.18. The molecule has 1 aromatic rings. The number of hydrogen-bond acceptors (Lipinski definition) is 3. The summed E-state index contributed by atoms with van der Waals surface area (Å²) in [5, 5.41) is 7.48. The van der Waals surface area contributed by atoms with Crippen LogP contribution in [0.3, 0.4) is 0 Å². The Morgan fingerprint density at radius 1 is 1.08 bits per heavy atom. The highest BCUT2D eigenvalue weighted by atomic mass is 35.5. The van der Waals surface area contributed by atoms with Crippen LogP contribution in [0.2, 0.25) is 5.02 Å². The number of hydrogen-bond donors (Lipinski definition) is 2. The van der Waals surface area contributed by atoms with Gasteiger partial charge in [0, 0.05) is 51.3 Å². The molecule has 6 heteroatoms. The molecule has 1 aliphatic rings. The molecule has 0 unspecified atom stereocenters. The molecular weight excluding hydrogens is 334 g/mol. The van der Waals surface area contributed by atoms with Crippen molar-refractivity contribution in [1.82, 2.24) is 20.4 Å². The van der Waals surface area contributed by atoms with E-state index in [0.29, 0.717) is 6.54 Å². The molecule has 1 aliphatic heterocycles. The Balaban J connectivity index is 1.56. The van der Waals surface area contributed by atoms with Crippen LogP contribution >= 0.6 is 11.6 Å². The van der Waals surface area contributed by atoms with Gasteiger partial charge in [0.25, 0.3) is 0 Å². The Bertz CT molecular complexity index is 526. The second-order valence-electron chi connectivity index (χ2n) is 6.43. The predicted molar refractivity (Wildman–Crippen MR) is 107 cm³/mol. The molecule has 0 amide bonds. The first-order chi connectivity index (χ1) is 12.2. The Morgan fingerprint density at radius 3 is 2.48 bits per heavy atom. The van der Waals surface area contributed by atoms with Gasteiger partial charge in [0.2, 0.25) is 0 Å². The summed E-state index contributed by atoms with van der Waals surface area (Å²) >= 11 is 6.18. The molecule has 2 rings (SSSR count). The highest BCUT2D eigenvalue weighted by Crippen LogP contribution is 2.14. The summed E-state index contributed by atoms with van der Waals surface area (Å²) in [4.78, 5) is 9.37. The lowest BCUT2D eigenvalue weighted by molar-refractivity contribution is 0.136. The van der Waals surface area contributed by atoms with E-state index in [1.807, 2.05) is 24.3 Å². The molecule has 1 aromatic carbocycles. The van der Waals surface area contributed by atoms with Gasteiger partial charge >= 0.3 is 0 Å². The van der Waals surface area contributed by atoms with Crippen LogP contribution in [0.4, 0.5) is 0 Å². The Labute approximate surface area is 157 Å². The molecule has 1 saturated heterocycles. The molecule has 1 fully saturated rings. The van der Waals surface area contributed by atoms with Crippen LogP contribution in [0.1, 0.15) is 25.3 Å². The van der Waals surface area contributed by atoms with E-state index in [9.17, 15) is 0 Å². The fourth-order valence-electron chi connectivity index (χ4n) is 3.04. The number of likely N-dealkylation sites (N-methyl/N-ethyl adjacent to an activating group) is 1. The minimum atomic E-state index is 0.682. The van der Waals surface area contributed by atoms with Crippen molar-refractivity contribution in [3.63, 3.8) is 0 Å². The van der Waals surface area contributed by atoms with Crippen molar-refractivity contribution < 1.29 is 0 Å². The maximum absolute atomic E-state index is 6.18. The van der Waals surface area contributed by atoms with Crippen LogP contribution < -0.4 is 10.6 Å². The molecular formula is C19H32ClN5. The first kappa shape index (κ1) is 20.0. The number of guanidine groups is 1. The number of nitrogens with zero attached hydrogens (tertiary/aromatic N) is 3. The lowest BCUT2D eigenvalue weighted by atomic mass is 10.2. The van der Waals surface area contributed by atoms with E-state index in [2.05, 4.69) is 32.3 Å². The van der Waals surface area contributed by atoms with Crippen LogP contribution in [0.25, 0.3) is 0 Å². The monoisotopic (exact) mass is 365 g/mol. The summed E-state index contributed by atoms with van der Waals surface area (Å²) in [5.74, 6) is 0.830. The lowest BCUT2D eigenvalue weighted by Gasteiger charge is -2.34. The third kappa shape index (κ3) is 7.22. The van der Waals surface area contributed by atoms with Gasteiger partial charge in [0.1, 0.15) is 0 Å². The topological polar surface area (TPSA) is 42.9 Å². The minimum Gasteiger partial charge on any atom is -0.356 e. The van der Waals surface area contributed by atoms with Gasteiger partial charge < -0.3 is 20.4 Å². The molecule has 140 valence electrons. The van der Waals surface area contributed by atoms with E-state index >= 15 is 0 Å². The third-order valence-corrected chi connectivity index (χ3v) is 5.10. The molecule has 0 bridgehead atoms. The van der Waals surface area contributed by atoms with Crippen molar-refractivity contribution in [3.05, 3.63) is 34.9 Å². The number of rotatable bonds is 8. The summed E-state index contributed by atoms with van der Waals surface area (Å²) in [6.45, 7) is 11.1. The zero-order valence-corrected chi connectivity index (χ0v) is 16.4. The summed E-state index contributed by atoms with van der Waals surface area (Å²) in [5.41, 5.74) is 1.08. The number of benzene rings is 1. The van der Waals surface area contributed by atoms with Gasteiger partial charge in [-0.15, -0.1) is 0 Å². The Hall–Kier alpha value is -1.30. The standard InChI is InChI=1S/C19H32ClN5/c1-3-24-12-14-25(15-13-24)11-7-6-10-22-19(21-2)23-16-17-8-4-5-9-18(17)20/h4-5,8-9H,3,6-7,10-16H2,1-2H3,(H2,21,22,23). The van der Waals surface area contributed by atoms with Crippen molar-refractivity contribution in [3.8, 4) is 0 Å². The average Bonchev–Trinajstić information content (AvgIpc) is 2.65. The summed E-state index contributed by atoms with van der Waals surface area (Å²) in [6, 6.07) is 7.89. The van der Waals surface area contributed by atoms with E-state index in [-0.39, 0.29) is 0 Å². The quantitative estimate of drug-likeness (QED) is 0.422. The number of nitrogens with one attached hydrogen (secondary N) is 2. The maximum Gasteiger partial charge on any atom is 0.191 e. The Kier molecular flexibility index (Phi) is 9.08. The fourth-order valence-corrected chi connectivity index (χ4v) is 3.24.